The van der Waals surface area contributed by atoms with E-state index in [0.717, 1.165) is 17.8 Å². The molecule has 0 spiro atoms. The third-order valence-electron chi connectivity index (χ3n) is 2.87. The average molecular weight is 257 g/mol. The SMILES string of the molecule is CC(C)CCNC(=O)c1cnc(-c2ccccc2)[nH]1. The first-order valence-corrected chi connectivity index (χ1v) is 6.55. The summed E-state index contributed by atoms with van der Waals surface area (Å²) < 4.78 is 0. The second-order valence-electron chi connectivity index (χ2n) is 4.95. The summed E-state index contributed by atoms with van der Waals surface area (Å²) >= 11 is 0. The summed E-state index contributed by atoms with van der Waals surface area (Å²) in [6.45, 7) is 4.96. The predicted molar refractivity (Wildman–Crippen MR) is 75.8 cm³/mol. The van der Waals surface area contributed by atoms with Crippen LogP contribution < -0.4 is 5.32 Å². The normalized spacial score (nSPS) is 10.7. The molecule has 1 heterocycles. The second kappa shape index (κ2) is 6.18. The maximum Gasteiger partial charge on any atom is 0.269 e. The van der Waals surface area contributed by atoms with Gasteiger partial charge < -0.3 is 10.3 Å². The number of hydrogen-bond acceptors (Lipinski definition) is 2. The van der Waals surface area contributed by atoms with Crippen molar-refractivity contribution in [1.29, 1.82) is 0 Å². The van der Waals surface area contributed by atoms with Crippen LogP contribution in [0, 0.1) is 5.92 Å². The highest BCUT2D eigenvalue weighted by Gasteiger charge is 2.10. The lowest BCUT2D eigenvalue weighted by atomic mass is 10.1. The highest BCUT2D eigenvalue weighted by atomic mass is 16.1. The zero-order valence-electron chi connectivity index (χ0n) is 11.3. The third-order valence-corrected chi connectivity index (χ3v) is 2.87. The minimum absolute atomic E-state index is 0.102. The molecule has 100 valence electrons. The summed E-state index contributed by atoms with van der Waals surface area (Å²) in [5, 5.41) is 2.88. The Kier molecular flexibility index (Phi) is 4.34. The molecule has 0 atom stereocenters. The van der Waals surface area contributed by atoms with E-state index in [1.165, 1.54) is 0 Å². The summed E-state index contributed by atoms with van der Waals surface area (Å²) in [5.74, 6) is 1.20. The Morgan fingerprint density at radius 1 is 1.32 bits per heavy atom. The van der Waals surface area contributed by atoms with E-state index in [1.54, 1.807) is 6.20 Å². The lowest BCUT2D eigenvalue weighted by Gasteiger charge is -2.05. The van der Waals surface area contributed by atoms with Crippen LogP contribution in [0.3, 0.4) is 0 Å². The zero-order chi connectivity index (χ0) is 13.7. The van der Waals surface area contributed by atoms with E-state index in [1.807, 2.05) is 30.3 Å². The first-order valence-electron chi connectivity index (χ1n) is 6.55. The maximum absolute atomic E-state index is 11.9. The zero-order valence-corrected chi connectivity index (χ0v) is 11.3. The Bertz CT molecular complexity index is 531. The number of hydrogen-bond donors (Lipinski definition) is 2. The van der Waals surface area contributed by atoms with E-state index in [-0.39, 0.29) is 5.91 Å². The number of aromatic nitrogens is 2. The Morgan fingerprint density at radius 3 is 2.74 bits per heavy atom. The fourth-order valence-corrected chi connectivity index (χ4v) is 1.75. The summed E-state index contributed by atoms with van der Waals surface area (Å²) in [7, 11) is 0. The molecule has 4 heteroatoms. The number of carbonyl (C=O) groups excluding carboxylic acids is 1. The van der Waals surface area contributed by atoms with E-state index in [0.29, 0.717) is 18.2 Å². The molecular weight excluding hydrogens is 238 g/mol. The fraction of sp³-hybridized carbons (Fsp3) is 0.333. The molecule has 0 fully saturated rings. The van der Waals surface area contributed by atoms with Crippen LogP contribution in [0.4, 0.5) is 0 Å². The van der Waals surface area contributed by atoms with E-state index in [9.17, 15) is 4.79 Å². The van der Waals surface area contributed by atoms with Crippen molar-refractivity contribution >= 4 is 5.91 Å². The van der Waals surface area contributed by atoms with Gasteiger partial charge in [-0.1, -0.05) is 44.2 Å². The standard InChI is InChI=1S/C15H19N3O/c1-11(2)8-9-16-15(19)13-10-17-14(18-13)12-6-4-3-5-7-12/h3-7,10-11H,8-9H2,1-2H3,(H,16,19)(H,17,18). The third kappa shape index (κ3) is 3.68. The molecule has 1 amide bonds. The number of H-pyrrole nitrogens is 1. The van der Waals surface area contributed by atoms with Crippen LogP contribution in [0.5, 0.6) is 0 Å². The van der Waals surface area contributed by atoms with E-state index < -0.39 is 0 Å². The molecule has 2 N–H and O–H groups in total. The number of aromatic amines is 1. The lowest BCUT2D eigenvalue weighted by Crippen LogP contribution is -2.25. The number of nitrogens with zero attached hydrogens (tertiary/aromatic N) is 1. The minimum atomic E-state index is -0.102. The van der Waals surface area contributed by atoms with Gasteiger partial charge in [-0.15, -0.1) is 0 Å². The van der Waals surface area contributed by atoms with Crippen molar-refractivity contribution < 1.29 is 4.79 Å². The van der Waals surface area contributed by atoms with E-state index >= 15 is 0 Å². The summed E-state index contributed by atoms with van der Waals surface area (Å²) in [4.78, 5) is 19.2. The van der Waals surface area contributed by atoms with Gasteiger partial charge >= 0.3 is 0 Å². The van der Waals surface area contributed by atoms with Gasteiger partial charge in [0.15, 0.2) is 0 Å². The van der Waals surface area contributed by atoms with Crippen molar-refractivity contribution in [3.05, 3.63) is 42.2 Å². The van der Waals surface area contributed by atoms with Gasteiger partial charge in [0.25, 0.3) is 5.91 Å². The van der Waals surface area contributed by atoms with Gasteiger partial charge in [-0.25, -0.2) is 4.98 Å². The van der Waals surface area contributed by atoms with Crippen LogP contribution >= 0.6 is 0 Å². The van der Waals surface area contributed by atoms with Crippen molar-refractivity contribution in [2.24, 2.45) is 5.92 Å². The first-order chi connectivity index (χ1) is 9.16. The maximum atomic E-state index is 11.9. The van der Waals surface area contributed by atoms with Crippen molar-refractivity contribution in [1.82, 2.24) is 15.3 Å². The van der Waals surface area contributed by atoms with Crippen molar-refractivity contribution in [2.45, 2.75) is 20.3 Å². The molecule has 2 aromatic rings. The number of amides is 1. The number of rotatable bonds is 5. The van der Waals surface area contributed by atoms with Crippen molar-refractivity contribution in [3.8, 4) is 11.4 Å². The van der Waals surface area contributed by atoms with Gasteiger partial charge in [0, 0.05) is 12.1 Å². The predicted octanol–water partition coefficient (Wildman–Crippen LogP) is 2.85. The van der Waals surface area contributed by atoms with Gasteiger partial charge in [0.2, 0.25) is 0 Å². The molecule has 0 radical (unpaired) electrons. The number of benzene rings is 1. The molecule has 0 saturated carbocycles. The quantitative estimate of drug-likeness (QED) is 0.865. The largest absolute Gasteiger partial charge is 0.351 e. The summed E-state index contributed by atoms with van der Waals surface area (Å²) in [6.07, 6.45) is 2.55. The van der Waals surface area contributed by atoms with Gasteiger partial charge in [0.05, 0.1) is 6.20 Å². The number of carbonyl (C=O) groups is 1. The molecular formula is C15H19N3O. The second-order valence-corrected chi connectivity index (χ2v) is 4.95. The lowest BCUT2D eigenvalue weighted by molar-refractivity contribution is 0.0947. The molecule has 0 aliphatic carbocycles. The Morgan fingerprint density at radius 2 is 2.05 bits per heavy atom. The molecule has 2 rings (SSSR count). The van der Waals surface area contributed by atoms with Crippen LogP contribution in [-0.4, -0.2) is 22.4 Å². The molecule has 0 unspecified atom stereocenters. The number of imidazole rings is 1. The highest BCUT2D eigenvalue weighted by Crippen LogP contribution is 2.14. The van der Waals surface area contributed by atoms with Gasteiger partial charge in [-0.2, -0.15) is 0 Å². The molecule has 19 heavy (non-hydrogen) atoms. The minimum Gasteiger partial charge on any atom is -0.351 e. The Balaban J connectivity index is 1.99. The Hall–Kier alpha value is -2.10. The van der Waals surface area contributed by atoms with Gasteiger partial charge in [-0.3, -0.25) is 4.79 Å². The molecule has 4 nitrogen and oxygen atoms in total. The Labute approximate surface area is 113 Å². The monoisotopic (exact) mass is 257 g/mol. The van der Waals surface area contributed by atoms with Gasteiger partial charge in [0.1, 0.15) is 11.5 Å². The molecule has 0 aliphatic rings. The molecule has 0 bridgehead atoms. The highest BCUT2D eigenvalue weighted by molar-refractivity contribution is 5.92. The van der Waals surface area contributed by atoms with Crippen molar-refractivity contribution in [2.75, 3.05) is 6.54 Å². The molecule has 0 saturated heterocycles. The van der Waals surface area contributed by atoms with Crippen molar-refractivity contribution in [3.63, 3.8) is 0 Å². The van der Waals surface area contributed by atoms with Crippen LogP contribution in [0.15, 0.2) is 36.5 Å². The van der Waals surface area contributed by atoms with E-state index in [4.69, 9.17) is 0 Å². The molecule has 0 aliphatic heterocycles. The van der Waals surface area contributed by atoms with Crippen LogP contribution in [0.1, 0.15) is 30.8 Å². The van der Waals surface area contributed by atoms with Crippen LogP contribution in [0.25, 0.3) is 11.4 Å². The average Bonchev–Trinajstić information content (AvgIpc) is 2.89. The van der Waals surface area contributed by atoms with Crippen LogP contribution in [-0.2, 0) is 0 Å². The van der Waals surface area contributed by atoms with Crippen LogP contribution in [0.2, 0.25) is 0 Å². The first kappa shape index (κ1) is 13.3. The topological polar surface area (TPSA) is 57.8 Å². The smallest absolute Gasteiger partial charge is 0.269 e. The van der Waals surface area contributed by atoms with Gasteiger partial charge in [-0.05, 0) is 12.3 Å². The molecule has 1 aromatic carbocycles. The fourth-order valence-electron chi connectivity index (χ4n) is 1.75. The molecule has 1 aromatic heterocycles. The number of nitrogens with one attached hydrogen (secondary N) is 2. The summed E-state index contributed by atoms with van der Waals surface area (Å²) in [6, 6.07) is 9.75. The van der Waals surface area contributed by atoms with E-state index in [2.05, 4.69) is 29.1 Å². The summed E-state index contributed by atoms with van der Waals surface area (Å²) in [5.41, 5.74) is 1.48.